The van der Waals surface area contributed by atoms with E-state index in [2.05, 4.69) is 12.2 Å². The molecule has 4 nitrogen and oxygen atoms in total. The first-order valence-electron chi connectivity index (χ1n) is 6.26. The third kappa shape index (κ3) is 1.32. The van der Waals surface area contributed by atoms with Crippen molar-refractivity contribution in [1.29, 1.82) is 0 Å². The molecule has 3 unspecified atom stereocenters. The second kappa shape index (κ2) is 3.55. The van der Waals surface area contributed by atoms with E-state index < -0.39 is 0 Å². The Morgan fingerprint density at radius 1 is 1.19 bits per heavy atom. The van der Waals surface area contributed by atoms with Crippen LogP contribution in [0.4, 0.5) is 0 Å². The molecule has 4 heteroatoms. The monoisotopic (exact) mass is 222 g/mol. The number of hydrogen-bond acceptors (Lipinski definition) is 3. The molecule has 0 aromatic heterocycles. The van der Waals surface area contributed by atoms with Crippen LogP contribution in [0.15, 0.2) is 0 Å². The molecular weight excluding hydrogens is 204 g/mol. The molecule has 0 aromatic rings. The minimum Gasteiger partial charge on any atom is -0.315 e. The summed E-state index contributed by atoms with van der Waals surface area (Å²) in [4.78, 5) is 26.0. The number of carbonyl (C=O) groups is 2. The summed E-state index contributed by atoms with van der Waals surface area (Å²) in [7, 11) is 0. The number of rotatable bonds is 1. The first-order chi connectivity index (χ1) is 7.68. The van der Waals surface area contributed by atoms with E-state index in [1.165, 1.54) is 0 Å². The van der Waals surface area contributed by atoms with Crippen LogP contribution in [0.2, 0.25) is 0 Å². The fourth-order valence-electron chi connectivity index (χ4n) is 3.52. The molecule has 3 atom stereocenters. The maximum absolute atomic E-state index is 12.2. The number of likely N-dealkylation sites (tertiary alicyclic amines) is 1. The van der Waals surface area contributed by atoms with Crippen molar-refractivity contribution in [3.05, 3.63) is 0 Å². The van der Waals surface area contributed by atoms with Crippen molar-refractivity contribution < 1.29 is 9.59 Å². The highest BCUT2D eigenvalue weighted by Gasteiger charge is 2.53. The van der Waals surface area contributed by atoms with Gasteiger partial charge in [-0.2, -0.15) is 0 Å². The first kappa shape index (κ1) is 10.3. The van der Waals surface area contributed by atoms with Crippen molar-refractivity contribution in [1.82, 2.24) is 10.2 Å². The van der Waals surface area contributed by atoms with Gasteiger partial charge in [0.2, 0.25) is 11.8 Å². The van der Waals surface area contributed by atoms with Gasteiger partial charge in [-0.05, 0) is 31.7 Å². The molecule has 0 bridgehead atoms. The lowest BCUT2D eigenvalue weighted by Gasteiger charge is -2.22. The Labute approximate surface area is 95.4 Å². The third-order valence-electron chi connectivity index (χ3n) is 4.31. The summed E-state index contributed by atoms with van der Waals surface area (Å²) in [5, 5.41) is 3.22. The first-order valence-corrected chi connectivity index (χ1v) is 6.26. The predicted molar refractivity (Wildman–Crippen MR) is 58.5 cm³/mol. The smallest absolute Gasteiger partial charge is 0.233 e. The molecule has 88 valence electrons. The molecule has 3 fully saturated rings. The number of carbonyl (C=O) groups excluding carboxylic acids is 2. The van der Waals surface area contributed by atoms with Crippen LogP contribution >= 0.6 is 0 Å². The Morgan fingerprint density at radius 2 is 1.81 bits per heavy atom. The van der Waals surface area contributed by atoms with Gasteiger partial charge in [-0.1, -0.05) is 6.92 Å². The van der Waals surface area contributed by atoms with E-state index in [1.54, 1.807) is 4.90 Å². The molecule has 3 aliphatic rings. The molecule has 2 amide bonds. The van der Waals surface area contributed by atoms with Gasteiger partial charge >= 0.3 is 0 Å². The van der Waals surface area contributed by atoms with Crippen molar-refractivity contribution in [2.75, 3.05) is 13.1 Å². The quantitative estimate of drug-likeness (QED) is 0.652. The Bertz CT molecular complexity index is 312. The molecule has 3 rings (SSSR count). The topological polar surface area (TPSA) is 49.4 Å². The zero-order chi connectivity index (χ0) is 11.3. The van der Waals surface area contributed by atoms with Crippen LogP contribution in [-0.2, 0) is 9.59 Å². The summed E-state index contributed by atoms with van der Waals surface area (Å²) in [6.45, 7) is 3.85. The van der Waals surface area contributed by atoms with Crippen LogP contribution in [0.25, 0.3) is 0 Å². The van der Waals surface area contributed by atoms with E-state index in [-0.39, 0.29) is 29.7 Å². The van der Waals surface area contributed by atoms with Crippen molar-refractivity contribution in [2.45, 2.75) is 32.2 Å². The van der Waals surface area contributed by atoms with Crippen LogP contribution < -0.4 is 5.32 Å². The highest BCUT2D eigenvalue weighted by molar-refractivity contribution is 6.05. The van der Waals surface area contributed by atoms with Crippen LogP contribution in [0.5, 0.6) is 0 Å². The lowest BCUT2D eigenvalue weighted by atomic mass is 10.00. The van der Waals surface area contributed by atoms with E-state index >= 15 is 0 Å². The third-order valence-corrected chi connectivity index (χ3v) is 4.31. The molecule has 2 saturated heterocycles. The molecule has 16 heavy (non-hydrogen) atoms. The van der Waals surface area contributed by atoms with E-state index in [4.69, 9.17) is 0 Å². The molecule has 0 radical (unpaired) electrons. The predicted octanol–water partition coefficient (Wildman–Crippen LogP) is 0.379. The normalized spacial score (nSPS) is 43.2. The summed E-state index contributed by atoms with van der Waals surface area (Å²) in [5.74, 6) is 0.749. The Morgan fingerprint density at radius 3 is 2.31 bits per heavy atom. The summed E-state index contributed by atoms with van der Waals surface area (Å²) in [5.41, 5.74) is 0. The molecule has 2 aliphatic heterocycles. The van der Waals surface area contributed by atoms with Crippen LogP contribution in [0, 0.1) is 17.8 Å². The fraction of sp³-hybridized carbons (Fsp3) is 0.833. The number of imide groups is 1. The molecular formula is C12H18N2O2. The van der Waals surface area contributed by atoms with Gasteiger partial charge in [0.15, 0.2) is 0 Å². The Balaban J connectivity index is 1.82. The van der Waals surface area contributed by atoms with Gasteiger partial charge in [0.05, 0.1) is 17.9 Å². The Kier molecular flexibility index (Phi) is 2.28. The van der Waals surface area contributed by atoms with E-state index in [0.29, 0.717) is 5.92 Å². The van der Waals surface area contributed by atoms with E-state index in [0.717, 1.165) is 32.4 Å². The minimum atomic E-state index is 0.00287. The van der Waals surface area contributed by atoms with Gasteiger partial charge in [-0.3, -0.25) is 14.5 Å². The van der Waals surface area contributed by atoms with Crippen molar-refractivity contribution in [3.63, 3.8) is 0 Å². The zero-order valence-corrected chi connectivity index (χ0v) is 9.61. The van der Waals surface area contributed by atoms with Gasteiger partial charge in [0, 0.05) is 6.54 Å². The lowest BCUT2D eigenvalue weighted by Crippen LogP contribution is -2.42. The van der Waals surface area contributed by atoms with Gasteiger partial charge in [-0.15, -0.1) is 0 Å². The number of fused-ring (bicyclic) bond motifs is 1. The lowest BCUT2D eigenvalue weighted by molar-refractivity contribution is -0.142. The molecule has 0 spiro atoms. The Hall–Kier alpha value is -0.900. The standard InChI is InChI=1S/C12H18N2O2/c1-7-4-9-10(5-7)12(16)14(11(9)15)8-2-3-13-6-8/h7-10,13H,2-6H2,1H3. The van der Waals surface area contributed by atoms with E-state index in [1.807, 2.05) is 0 Å². The molecule has 0 aromatic carbocycles. The highest BCUT2D eigenvalue weighted by Crippen LogP contribution is 2.43. The summed E-state index contributed by atoms with van der Waals surface area (Å²) >= 11 is 0. The molecule has 1 saturated carbocycles. The second-order valence-electron chi connectivity index (χ2n) is 5.48. The van der Waals surface area contributed by atoms with E-state index in [9.17, 15) is 9.59 Å². The van der Waals surface area contributed by atoms with Crippen LogP contribution in [-0.4, -0.2) is 35.8 Å². The number of nitrogens with zero attached hydrogens (tertiary/aromatic N) is 1. The fourth-order valence-corrected chi connectivity index (χ4v) is 3.52. The average Bonchev–Trinajstić information content (AvgIpc) is 2.89. The molecule has 2 heterocycles. The van der Waals surface area contributed by atoms with Crippen molar-refractivity contribution in [2.24, 2.45) is 17.8 Å². The number of amides is 2. The van der Waals surface area contributed by atoms with Gasteiger partial charge in [0.25, 0.3) is 0 Å². The maximum atomic E-state index is 12.2. The zero-order valence-electron chi connectivity index (χ0n) is 9.61. The maximum Gasteiger partial charge on any atom is 0.233 e. The number of hydrogen-bond donors (Lipinski definition) is 1. The summed E-state index contributed by atoms with van der Waals surface area (Å²) in [6.07, 6.45) is 2.74. The van der Waals surface area contributed by atoms with Gasteiger partial charge in [0.1, 0.15) is 0 Å². The SMILES string of the molecule is CC1CC2C(=O)N(C3CCNC3)C(=O)C2C1. The molecule has 1 N–H and O–H groups in total. The van der Waals surface area contributed by atoms with Crippen molar-refractivity contribution in [3.8, 4) is 0 Å². The second-order valence-corrected chi connectivity index (χ2v) is 5.48. The van der Waals surface area contributed by atoms with Crippen molar-refractivity contribution >= 4 is 11.8 Å². The van der Waals surface area contributed by atoms with Gasteiger partial charge in [-0.25, -0.2) is 0 Å². The summed E-state index contributed by atoms with van der Waals surface area (Å²) < 4.78 is 0. The largest absolute Gasteiger partial charge is 0.315 e. The summed E-state index contributed by atoms with van der Waals surface area (Å²) in [6, 6.07) is 0.126. The van der Waals surface area contributed by atoms with Crippen LogP contribution in [0.1, 0.15) is 26.2 Å². The molecule has 1 aliphatic carbocycles. The van der Waals surface area contributed by atoms with Gasteiger partial charge < -0.3 is 5.32 Å². The number of nitrogens with one attached hydrogen (secondary N) is 1. The average molecular weight is 222 g/mol. The van der Waals surface area contributed by atoms with Crippen LogP contribution in [0.3, 0.4) is 0 Å². The highest BCUT2D eigenvalue weighted by atomic mass is 16.2. The minimum absolute atomic E-state index is 0.00287.